The van der Waals surface area contributed by atoms with Gasteiger partial charge in [0.1, 0.15) is 0 Å². The number of hydrogen-bond donors (Lipinski definition) is 2. The van der Waals surface area contributed by atoms with E-state index >= 15 is 0 Å². The van der Waals surface area contributed by atoms with E-state index in [9.17, 15) is 9.90 Å². The van der Waals surface area contributed by atoms with Gasteiger partial charge in [0.15, 0.2) is 0 Å². The Balaban J connectivity index is 2.22. The number of hydrogen-bond acceptors (Lipinski definition) is 2. The van der Waals surface area contributed by atoms with Crippen LogP contribution in [0.4, 0.5) is 0 Å². The van der Waals surface area contributed by atoms with Crippen LogP contribution in [0.5, 0.6) is 0 Å². The fourth-order valence-corrected chi connectivity index (χ4v) is 1.96. The second-order valence-corrected chi connectivity index (χ2v) is 5.57. The molecule has 0 bridgehead atoms. The zero-order valence-electron chi connectivity index (χ0n) is 12.1. The maximum Gasteiger partial charge on any atom is 0.220 e. The average molecular weight is 263 g/mol. The highest BCUT2D eigenvalue weighted by Crippen LogP contribution is 2.06. The maximum atomic E-state index is 11.7. The molecule has 0 fully saturated rings. The maximum absolute atomic E-state index is 11.7. The fraction of sp³-hybridized carbons (Fsp3) is 0.562. The number of carbonyl (C=O) groups is 1. The molecule has 0 saturated carbocycles. The molecular formula is C16H25NO2. The molecule has 3 nitrogen and oxygen atoms in total. The summed E-state index contributed by atoms with van der Waals surface area (Å²) in [5.41, 5.74) is 2.40. The lowest BCUT2D eigenvalue weighted by Gasteiger charge is -2.13. The number of nitrogens with one attached hydrogen (secondary N) is 1. The van der Waals surface area contributed by atoms with Crippen LogP contribution in [0.2, 0.25) is 0 Å². The zero-order chi connectivity index (χ0) is 14.3. The number of aliphatic hydroxyl groups is 1. The van der Waals surface area contributed by atoms with Gasteiger partial charge in [0.25, 0.3) is 0 Å². The third kappa shape index (κ3) is 6.97. The van der Waals surface area contributed by atoms with Gasteiger partial charge in [-0.2, -0.15) is 0 Å². The van der Waals surface area contributed by atoms with Crippen molar-refractivity contribution < 1.29 is 9.90 Å². The third-order valence-corrected chi connectivity index (χ3v) is 3.04. The van der Waals surface area contributed by atoms with E-state index in [2.05, 4.69) is 43.4 Å². The largest absolute Gasteiger partial charge is 0.391 e. The Morgan fingerprint density at radius 3 is 2.47 bits per heavy atom. The van der Waals surface area contributed by atoms with Crippen LogP contribution in [-0.4, -0.2) is 23.7 Å². The summed E-state index contributed by atoms with van der Waals surface area (Å²) in [5.74, 6) is 0.447. The van der Waals surface area contributed by atoms with E-state index in [1.807, 2.05) is 6.92 Å². The molecule has 3 heteroatoms. The van der Waals surface area contributed by atoms with E-state index in [1.54, 1.807) is 0 Å². The molecule has 19 heavy (non-hydrogen) atoms. The molecule has 0 saturated heterocycles. The van der Waals surface area contributed by atoms with Gasteiger partial charge in [-0.15, -0.1) is 0 Å². The zero-order valence-corrected chi connectivity index (χ0v) is 12.1. The highest BCUT2D eigenvalue weighted by molar-refractivity contribution is 5.76. The Kier molecular flexibility index (Phi) is 6.57. The van der Waals surface area contributed by atoms with Gasteiger partial charge in [-0.25, -0.2) is 0 Å². The van der Waals surface area contributed by atoms with Gasteiger partial charge in [-0.3, -0.25) is 4.79 Å². The van der Waals surface area contributed by atoms with E-state index in [0.29, 0.717) is 18.9 Å². The van der Waals surface area contributed by atoms with Crippen LogP contribution >= 0.6 is 0 Å². The van der Waals surface area contributed by atoms with Crippen molar-refractivity contribution in [2.45, 2.75) is 46.1 Å². The standard InChI is InChI=1S/C16H25NO2/c1-12(2)10-15(18)11-17-16(19)9-8-14-6-4-13(3)5-7-14/h4-7,12,15,18H,8-11H2,1-3H3,(H,17,19). The molecule has 1 amide bonds. The van der Waals surface area contributed by atoms with Gasteiger partial charge in [-0.1, -0.05) is 43.7 Å². The molecule has 0 aliphatic carbocycles. The van der Waals surface area contributed by atoms with Gasteiger partial charge < -0.3 is 10.4 Å². The molecule has 0 aromatic heterocycles. The Morgan fingerprint density at radius 1 is 1.26 bits per heavy atom. The van der Waals surface area contributed by atoms with Crippen molar-refractivity contribution in [2.24, 2.45) is 5.92 Å². The van der Waals surface area contributed by atoms with Crippen molar-refractivity contribution in [3.05, 3.63) is 35.4 Å². The quantitative estimate of drug-likeness (QED) is 0.794. The average Bonchev–Trinajstić information content (AvgIpc) is 2.35. The number of rotatable bonds is 7. The lowest BCUT2D eigenvalue weighted by atomic mass is 10.1. The van der Waals surface area contributed by atoms with Crippen LogP contribution in [0.25, 0.3) is 0 Å². The minimum atomic E-state index is -0.441. The minimum absolute atomic E-state index is 0.00313. The minimum Gasteiger partial charge on any atom is -0.391 e. The molecule has 0 aliphatic heterocycles. The van der Waals surface area contributed by atoms with Crippen LogP contribution in [0.1, 0.15) is 37.8 Å². The summed E-state index contributed by atoms with van der Waals surface area (Å²) in [7, 11) is 0. The van der Waals surface area contributed by atoms with Crippen molar-refractivity contribution in [1.29, 1.82) is 0 Å². The summed E-state index contributed by atoms with van der Waals surface area (Å²) in [6.45, 7) is 6.52. The monoisotopic (exact) mass is 263 g/mol. The Hall–Kier alpha value is -1.35. The van der Waals surface area contributed by atoms with Crippen LogP contribution in [-0.2, 0) is 11.2 Å². The van der Waals surface area contributed by atoms with Crippen molar-refractivity contribution in [2.75, 3.05) is 6.54 Å². The predicted molar refractivity (Wildman–Crippen MR) is 78.0 cm³/mol. The molecule has 0 radical (unpaired) electrons. The second kappa shape index (κ2) is 7.95. The summed E-state index contributed by atoms with van der Waals surface area (Å²) in [6.07, 6.45) is 1.49. The fourth-order valence-electron chi connectivity index (χ4n) is 1.96. The first-order valence-electron chi connectivity index (χ1n) is 6.97. The smallest absolute Gasteiger partial charge is 0.220 e. The predicted octanol–water partition coefficient (Wildman–Crippen LogP) is 2.45. The number of aryl methyl sites for hydroxylation is 2. The van der Waals surface area contributed by atoms with E-state index in [4.69, 9.17) is 0 Å². The molecule has 1 aromatic carbocycles. The first-order valence-corrected chi connectivity index (χ1v) is 6.97. The summed E-state index contributed by atoms with van der Waals surface area (Å²) in [4.78, 5) is 11.7. The Labute approximate surface area is 116 Å². The third-order valence-electron chi connectivity index (χ3n) is 3.04. The molecule has 1 atom stereocenters. The number of carbonyl (C=O) groups excluding carboxylic acids is 1. The van der Waals surface area contributed by atoms with Crippen molar-refractivity contribution >= 4 is 5.91 Å². The van der Waals surface area contributed by atoms with E-state index in [1.165, 1.54) is 11.1 Å². The summed E-state index contributed by atoms with van der Waals surface area (Å²) in [6, 6.07) is 8.21. The molecule has 106 valence electrons. The van der Waals surface area contributed by atoms with E-state index in [-0.39, 0.29) is 5.91 Å². The van der Waals surface area contributed by atoms with Gasteiger partial charge >= 0.3 is 0 Å². The Bertz CT molecular complexity index is 384. The van der Waals surface area contributed by atoms with Crippen LogP contribution in [0, 0.1) is 12.8 Å². The van der Waals surface area contributed by atoms with Crippen LogP contribution < -0.4 is 5.32 Å². The summed E-state index contributed by atoms with van der Waals surface area (Å²) >= 11 is 0. The SMILES string of the molecule is Cc1ccc(CCC(=O)NCC(O)CC(C)C)cc1. The lowest BCUT2D eigenvalue weighted by molar-refractivity contribution is -0.121. The number of benzene rings is 1. The van der Waals surface area contributed by atoms with E-state index < -0.39 is 6.10 Å². The molecule has 1 aromatic rings. The summed E-state index contributed by atoms with van der Waals surface area (Å²) < 4.78 is 0. The molecule has 0 spiro atoms. The molecule has 0 aliphatic rings. The molecule has 1 rings (SSSR count). The van der Waals surface area contributed by atoms with Crippen molar-refractivity contribution in [3.63, 3.8) is 0 Å². The second-order valence-electron chi connectivity index (χ2n) is 5.57. The molecule has 2 N–H and O–H groups in total. The van der Waals surface area contributed by atoms with Crippen LogP contribution in [0.15, 0.2) is 24.3 Å². The van der Waals surface area contributed by atoms with Gasteiger partial charge in [0.2, 0.25) is 5.91 Å². The van der Waals surface area contributed by atoms with Gasteiger partial charge in [-0.05, 0) is 31.2 Å². The number of aliphatic hydroxyl groups excluding tert-OH is 1. The molecule has 1 unspecified atom stereocenters. The molecular weight excluding hydrogens is 238 g/mol. The van der Waals surface area contributed by atoms with Crippen molar-refractivity contribution in [3.8, 4) is 0 Å². The first-order chi connectivity index (χ1) is 8.97. The van der Waals surface area contributed by atoms with Crippen LogP contribution in [0.3, 0.4) is 0 Å². The number of amides is 1. The topological polar surface area (TPSA) is 49.3 Å². The lowest BCUT2D eigenvalue weighted by Crippen LogP contribution is -2.32. The van der Waals surface area contributed by atoms with Crippen molar-refractivity contribution in [1.82, 2.24) is 5.32 Å². The normalized spacial score (nSPS) is 12.5. The Morgan fingerprint density at radius 2 is 1.89 bits per heavy atom. The molecule has 0 heterocycles. The highest BCUT2D eigenvalue weighted by atomic mass is 16.3. The highest BCUT2D eigenvalue weighted by Gasteiger charge is 2.09. The van der Waals surface area contributed by atoms with Gasteiger partial charge in [0.05, 0.1) is 6.10 Å². The first kappa shape index (κ1) is 15.7. The summed E-state index contributed by atoms with van der Waals surface area (Å²) in [5, 5.41) is 12.5. The van der Waals surface area contributed by atoms with E-state index in [0.717, 1.165) is 12.8 Å². The van der Waals surface area contributed by atoms with Gasteiger partial charge in [0, 0.05) is 13.0 Å².